The Kier molecular flexibility index (Phi) is 3.69. The number of aromatic nitrogens is 1. The Balaban J connectivity index is 2.98. The summed E-state index contributed by atoms with van der Waals surface area (Å²) in [6.07, 6.45) is 6.67. The standard InChI is InChI=1S/C11H12N2O2/c1-3-7-13(4-2)10-8-9(11(14)15)5-6-12-10/h1,5-6,8H,4,7H2,2H3,(H,14,15). The fourth-order valence-electron chi connectivity index (χ4n) is 1.19. The van der Waals surface area contributed by atoms with E-state index in [4.69, 9.17) is 11.5 Å². The Labute approximate surface area is 88.6 Å². The molecule has 0 bridgehead atoms. The molecule has 1 aromatic rings. The van der Waals surface area contributed by atoms with Crippen LogP contribution >= 0.6 is 0 Å². The van der Waals surface area contributed by atoms with Crippen LogP contribution in [-0.4, -0.2) is 29.1 Å². The van der Waals surface area contributed by atoms with Crippen LogP contribution in [0.5, 0.6) is 0 Å². The average molecular weight is 204 g/mol. The molecule has 1 N–H and O–H groups in total. The van der Waals surface area contributed by atoms with Gasteiger partial charge in [0.2, 0.25) is 0 Å². The number of terminal acetylenes is 1. The highest BCUT2D eigenvalue weighted by Crippen LogP contribution is 2.11. The number of hydrogen-bond acceptors (Lipinski definition) is 3. The van der Waals surface area contributed by atoms with E-state index in [1.165, 1.54) is 18.3 Å². The first-order valence-corrected chi connectivity index (χ1v) is 4.56. The molecule has 1 aromatic heterocycles. The first-order chi connectivity index (χ1) is 7.19. The minimum absolute atomic E-state index is 0.218. The van der Waals surface area contributed by atoms with Crippen LogP contribution < -0.4 is 4.90 Å². The number of hydrogen-bond donors (Lipinski definition) is 1. The number of anilines is 1. The number of rotatable bonds is 4. The third-order valence-electron chi connectivity index (χ3n) is 1.98. The summed E-state index contributed by atoms with van der Waals surface area (Å²) in [5, 5.41) is 8.81. The third-order valence-corrected chi connectivity index (χ3v) is 1.98. The molecule has 0 spiro atoms. The van der Waals surface area contributed by atoms with E-state index < -0.39 is 5.97 Å². The summed E-state index contributed by atoms with van der Waals surface area (Å²) in [5.74, 6) is 2.13. The molecule has 0 unspecified atom stereocenters. The Morgan fingerprint density at radius 2 is 2.47 bits per heavy atom. The van der Waals surface area contributed by atoms with Crippen molar-refractivity contribution in [3.05, 3.63) is 23.9 Å². The molecule has 0 radical (unpaired) electrons. The molecule has 0 atom stereocenters. The van der Waals surface area contributed by atoms with Gasteiger partial charge in [0, 0.05) is 12.7 Å². The van der Waals surface area contributed by atoms with E-state index in [2.05, 4.69) is 10.9 Å². The summed E-state index contributed by atoms with van der Waals surface area (Å²) >= 11 is 0. The van der Waals surface area contributed by atoms with Crippen LogP contribution in [0.3, 0.4) is 0 Å². The van der Waals surface area contributed by atoms with Gasteiger partial charge in [-0.2, -0.15) is 0 Å². The minimum atomic E-state index is -0.963. The Bertz CT molecular complexity index is 396. The summed E-state index contributed by atoms with van der Waals surface area (Å²) in [7, 11) is 0. The van der Waals surface area contributed by atoms with Crippen LogP contribution in [0, 0.1) is 12.3 Å². The van der Waals surface area contributed by atoms with E-state index >= 15 is 0 Å². The maximum Gasteiger partial charge on any atom is 0.335 e. The average Bonchev–Trinajstić information content (AvgIpc) is 2.26. The van der Waals surface area contributed by atoms with Crippen molar-refractivity contribution in [1.82, 2.24) is 4.98 Å². The van der Waals surface area contributed by atoms with Crippen molar-refractivity contribution in [2.75, 3.05) is 18.0 Å². The summed E-state index contributed by atoms with van der Waals surface area (Å²) in [6, 6.07) is 2.97. The predicted octanol–water partition coefficient (Wildman–Crippen LogP) is 1.24. The van der Waals surface area contributed by atoms with Gasteiger partial charge in [0.15, 0.2) is 0 Å². The van der Waals surface area contributed by atoms with Gasteiger partial charge in [-0.1, -0.05) is 5.92 Å². The van der Waals surface area contributed by atoms with Gasteiger partial charge < -0.3 is 10.0 Å². The fourth-order valence-corrected chi connectivity index (χ4v) is 1.19. The first-order valence-electron chi connectivity index (χ1n) is 4.56. The molecular weight excluding hydrogens is 192 g/mol. The quantitative estimate of drug-likeness (QED) is 0.750. The maximum absolute atomic E-state index is 10.7. The zero-order chi connectivity index (χ0) is 11.3. The van der Waals surface area contributed by atoms with Crippen LogP contribution in [0.4, 0.5) is 5.82 Å². The molecule has 15 heavy (non-hydrogen) atoms. The van der Waals surface area contributed by atoms with E-state index in [1.54, 1.807) is 0 Å². The normalized spacial score (nSPS) is 9.33. The number of nitrogens with zero attached hydrogens (tertiary/aromatic N) is 2. The molecule has 0 amide bonds. The SMILES string of the molecule is C#CCN(CC)c1cc(C(=O)O)ccn1. The highest BCUT2D eigenvalue weighted by Gasteiger charge is 2.08. The summed E-state index contributed by atoms with van der Waals surface area (Å²) in [6.45, 7) is 3.05. The molecule has 0 aliphatic heterocycles. The second-order valence-electron chi connectivity index (χ2n) is 2.93. The molecule has 0 aliphatic carbocycles. The van der Waals surface area contributed by atoms with Crippen molar-refractivity contribution >= 4 is 11.8 Å². The van der Waals surface area contributed by atoms with Crippen molar-refractivity contribution < 1.29 is 9.90 Å². The van der Waals surface area contributed by atoms with E-state index in [9.17, 15) is 4.79 Å². The molecule has 0 aromatic carbocycles. The lowest BCUT2D eigenvalue weighted by Gasteiger charge is -2.18. The zero-order valence-electron chi connectivity index (χ0n) is 8.47. The summed E-state index contributed by atoms with van der Waals surface area (Å²) < 4.78 is 0. The van der Waals surface area contributed by atoms with Gasteiger partial charge in [0.05, 0.1) is 12.1 Å². The maximum atomic E-state index is 10.7. The third kappa shape index (κ3) is 2.71. The molecule has 0 fully saturated rings. The van der Waals surface area contributed by atoms with Gasteiger partial charge in [0.25, 0.3) is 0 Å². The molecule has 0 saturated heterocycles. The first kappa shape index (κ1) is 11.1. The lowest BCUT2D eigenvalue weighted by atomic mass is 10.2. The molecule has 1 heterocycles. The number of carbonyl (C=O) groups is 1. The molecule has 78 valence electrons. The zero-order valence-corrected chi connectivity index (χ0v) is 8.47. The molecule has 4 nitrogen and oxygen atoms in total. The van der Waals surface area contributed by atoms with Crippen molar-refractivity contribution in [2.24, 2.45) is 0 Å². The lowest BCUT2D eigenvalue weighted by molar-refractivity contribution is 0.0697. The number of aromatic carboxylic acids is 1. The molecule has 4 heteroatoms. The highest BCUT2D eigenvalue weighted by molar-refractivity contribution is 5.88. The van der Waals surface area contributed by atoms with Gasteiger partial charge in [-0.15, -0.1) is 6.42 Å². The van der Waals surface area contributed by atoms with Crippen LogP contribution in [0.25, 0.3) is 0 Å². The second kappa shape index (κ2) is 5.01. The van der Waals surface area contributed by atoms with Gasteiger partial charge in [0.1, 0.15) is 5.82 Å². The number of carboxylic acid groups (broad SMARTS) is 1. The highest BCUT2D eigenvalue weighted by atomic mass is 16.4. The smallest absolute Gasteiger partial charge is 0.335 e. The largest absolute Gasteiger partial charge is 0.478 e. The topological polar surface area (TPSA) is 53.4 Å². The van der Waals surface area contributed by atoms with Crippen LogP contribution in [0.2, 0.25) is 0 Å². The molecule has 1 rings (SSSR count). The van der Waals surface area contributed by atoms with Gasteiger partial charge in [-0.25, -0.2) is 9.78 Å². The van der Waals surface area contributed by atoms with Gasteiger partial charge >= 0.3 is 5.97 Å². The van der Waals surface area contributed by atoms with Crippen molar-refractivity contribution in [3.63, 3.8) is 0 Å². The fraction of sp³-hybridized carbons (Fsp3) is 0.273. The monoisotopic (exact) mass is 204 g/mol. The predicted molar refractivity (Wildman–Crippen MR) is 57.9 cm³/mol. The van der Waals surface area contributed by atoms with Crippen LogP contribution in [0.1, 0.15) is 17.3 Å². The molecule has 0 aliphatic rings. The van der Waals surface area contributed by atoms with E-state index in [0.29, 0.717) is 18.9 Å². The van der Waals surface area contributed by atoms with E-state index in [1.807, 2.05) is 11.8 Å². The Hall–Kier alpha value is -2.02. The van der Waals surface area contributed by atoms with Crippen molar-refractivity contribution in [1.29, 1.82) is 0 Å². The summed E-state index contributed by atoms with van der Waals surface area (Å²) in [4.78, 5) is 16.6. The van der Waals surface area contributed by atoms with Crippen molar-refractivity contribution in [2.45, 2.75) is 6.92 Å². The van der Waals surface area contributed by atoms with Crippen molar-refractivity contribution in [3.8, 4) is 12.3 Å². The van der Waals surface area contributed by atoms with Crippen LogP contribution in [-0.2, 0) is 0 Å². The number of carboxylic acids is 1. The number of pyridine rings is 1. The second-order valence-corrected chi connectivity index (χ2v) is 2.93. The Morgan fingerprint density at radius 1 is 1.73 bits per heavy atom. The van der Waals surface area contributed by atoms with Gasteiger partial charge in [-0.3, -0.25) is 0 Å². The Morgan fingerprint density at radius 3 is 3.00 bits per heavy atom. The lowest BCUT2D eigenvalue weighted by Crippen LogP contribution is -2.24. The van der Waals surface area contributed by atoms with E-state index in [-0.39, 0.29) is 5.56 Å². The summed E-state index contributed by atoms with van der Waals surface area (Å²) in [5.41, 5.74) is 0.218. The van der Waals surface area contributed by atoms with Crippen LogP contribution in [0.15, 0.2) is 18.3 Å². The van der Waals surface area contributed by atoms with Gasteiger partial charge in [-0.05, 0) is 19.1 Å². The van der Waals surface area contributed by atoms with E-state index in [0.717, 1.165) is 0 Å². The minimum Gasteiger partial charge on any atom is -0.478 e. The molecule has 0 saturated carbocycles. The molecular formula is C11H12N2O2.